The number of nitrogens with one attached hydrogen (secondary N) is 2. The van der Waals surface area contributed by atoms with E-state index in [1.54, 1.807) is 6.33 Å². The van der Waals surface area contributed by atoms with Gasteiger partial charge in [0.15, 0.2) is 0 Å². The molecule has 1 saturated heterocycles. The Morgan fingerprint density at radius 3 is 2.57 bits per heavy atom. The molecule has 2 heterocycles. The first-order chi connectivity index (χ1) is 10.4. The first kappa shape index (κ1) is 14.1. The molecule has 1 aliphatic rings. The summed E-state index contributed by atoms with van der Waals surface area (Å²) in [4.78, 5) is 12.4. The van der Waals surface area contributed by atoms with Crippen LogP contribution in [0.3, 0.4) is 0 Å². The number of H-pyrrole nitrogens is 1. The van der Waals surface area contributed by atoms with Gasteiger partial charge in [0.05, 0.1) is 18.1 Å². The highest BCUT2D eigenvalue weighted by Crippen LogP contribution is 2.22. The van der Waals surface area contributed by atoms with Gasteiger partial charge in [0.2, 0.25) is 0 Å². The van der Waals surface area contributed by atoms with Crippen LogP contribution in [-0.4, -0.2) is 54.6 Å². The van der Waals surface area contributed by atoms with Crippen molar-refractivity contribution in [3.05, 3.63) is 48.5 Å². The molecule has 1 aromatic carbocycles. The minimum Gasteiger partial charge on any atom is -0.369 e. The molecule has 1 aromatic heterocycles. The quantitative estimate of drug-likeness (QED) is 0.874. The number of benzene rings is 1. The average molecular weight is 285 g/mol. The van der Waals surface area contributed by atoms with Gasteiger partial charge in [0.25, 0.3) is 0 Å². The third-order valence-electron chi connectivity index (χ3n) is 4.15. The van der Waals surface area contributed by atoms with Gasteiger partial charge in [-0.25, -0.2) is 4.98 Å². The molecule has 1 atom stereocenters. The van der Waals surface area contributed by atoms with E-state index in [4.69, 9.17) is 0 Å². The second kappa shape index (κ2) is 6.74. The van der Waals surface area contributed by atoms with Gasteiger partial charge >= 0.3 is 0 Å². The Labute approximate surface area is 126 Å². The number of aromatic nitrogens is 2. The van der Waals surface area contributed by atoms with Crippen molar-refractivity contribution in [3.8, 4) is 0 Å². The molecular formula is C16H23N5. The molecule has 2 aromatic rings. The highest BCUT2D eigenvalue weighted by molar-refractivity contribution is 5.46. The van der Waals surface area contributed by atoms with Crippen molar-refractivity contribution < 1.29 is 0 Å². The Bertz CT molecular complexity index is 517. The highest BCUT2D eigenvalue weighted by Gasteiger charge is 2.25. The summed E-state index contributed by atoms with van der Waals surface area (Å²) in [5.41, 5.74) is 2.52. The lowest BCUT2D eigenvalue weighted by molar-refractivity contribution is 0.181. The molecular weight excluding hydrogens is 262 g/mol. The smallest absolute Gasteiger partial charge is 0.0922 e. The molecule has 0 amide bonds. The van der Waals surface area contributed by atoms with Crippen LogP contribution in [-0.2, 0) is 0 Å². The molecule has 5 heteroatoms. The Kier molecular flexibility index (Phi) is 4.52. The predicted octanol–water partition coefficient (Wildman–Crippen LogP) is 1.49. The van der Waals surface area contributed by atoms with E-state index < -0.39 is 0 Å². The van der Waals surface area contributed by atoms with Gasteiger partial charge in [0.1, 0.15) is 0 Å². The third-order valence-corrected chi connectivity index (χ3v) is 4.15. The van der Waals surface area contributed by atoms with Gasteiger partial charge in [-0.05, 0) is 19.2 Å². The van der Waals surface area contributed by atoms with Gasteiger partial charge in [-0.2, -0.15) is 0 Å². The van der Waals surface area contributed by atoms with E-state index in [0.717, 1.165) is 32.7 Å². The zero-order valence-corrected chi connectivity index (χ0v) is 12.5. The molecule has 5 nitrogen and oxygen atoms in total. The molecule has 0 radical (unpaired) electrons. The summed E-state index contributed by atoms with van der Waals surface area (Å²) in [5, 5.41) is 3.29. The molecule has 2 N–H and O–H groups in total. The lowest BCUT2D eigenvalue weighted by Crippen LogP contribution is -2.49. The number of hydrogen-bond donors (Lipinski definition) is 2. The van der Waals surface area contributed by atoms with E-state index in [2.05, 4.69) is 55.4 Å². The standard InChI is InChI=1S/C16H23N5/c1-17-12-16(15-11-18-13-19-15)21-9-7-20(8-10-21)14-5-3-2-4-6-14/h2-6,11,13,16-17H,7-10,12H2,1H3,(H,18,19). The maximum Gasteiger partial charge on any atom is 0.0922 e. The number of rotatable bonds is 5. The Morgan fingerprint density at radius 1 is 1.19 bits per heavy atom. The fourth-order valence-corrected chi connectivity index (χ4v) is 3.01. The topological polar surface area (TPSA) is 47.2 Å². The summed E-state index contributed by atoms with van der Waals surface area (Å²) in [6, 6.07) is 11.0. The molecule has 1 unspecified atom stereocenters. The molecule has 0 saturated carbocycles. The van der Waals surface area contributed by atoms with Crippen LogP contribution in [0, 0.1) is 0 Å². The zero-order valence-electron chi connectivity index (χ0n) is 12.5. The molecule has 0 aliphatic carbocycles. The van der Waals surface area contributed by atoms with Gasteiger partial charge in [-0.15, -0.1) is 0 Å². The van der Waals surface area contributed by atoms with Crippen molar-refractivity contribution >= 4 is 5.69 Å². The fraction of sp³-hybridized carbons (Fsp3) is 0.438. The summed E-state index contributed by atoms with van der Waals surface area (Å²) in [7, 11) is 2.00. The van der Waals surface area contributed by atoms with Crippen molar-refractivity contribution in [3.63, 3.8) is 0 Å². The van der Waals surface area contributed by atoms with Crippen LogP contribution in [0.1, 0.15) is 11.7 Å². The van der Waals surface area contributed by atoms with Gasteiger partial charge in [0, 0.05) is 44.6 Å². The summed E-state index contributed by atoms with van der Waals surface area (Å²) < 4.78 is 0. The lowest BCUT2D eigenvalue weighted by Gasteiger charge is -2.39. The first-order valence-corrected chi connectivity index (χ1v) is 7.55. The van der Waals surface area contributed by atoms with Crippen LogP contribution >= 0.6 is 0 Å². The van der Waals surface area contributed by atoms with Crippen LogP contribution in [0.4, 0.5) is 5.69 Å². The largest absolute Gasteiger partial charge is 0.369 e. The lowest BCUT2D eigenvalue weighted by atomic mass is 10.1. The number of likely N-dealkylation sites (N-methyl/N-ethyl adjacent to an activating group) is 1. The van der Waals surface area contributed by atoms with Crippen molar-refractivity contribution in [2.24, 2.45) is 0 Å². The van der Waals surface area contributed by atoms with Crippen LogP contribution < -0.4 is 10.2 Å². The van der Waals surface area contributed by atoms with Gasteiger partial charge < -0.3 is 15.2 Å². The number of anilines is 1. The number of imidazole rings is 1. The summed E-state index contributed by atoms with van der Waals surface area (Å²) >= 11 is 0. The second-order valence-electron chi connectivity index (χ2n) is 5.44. The van der Waals surface area contributed by atoms with Crippen molar-refractivity contribution in [1.82, 2.24) is 20.2 Å². The normalized spacial score (nSPS) is 17.9. The minimum absolute atomic E-state index is 0.371. The fourth-order valence-electron chi connectivity index (χ4n) is 3.01. The van der Waals surface area contributed by atoms with Crippen molar-refractivity contribution in [1.29, 1.82) is 0 Å². The molecule has 1 fully saturated rings. The summed E-state index contributed by atoms with van der Waals surface area (Å²) in [6.45, 7) is 5.21. The van der Waals surface area contributed by atoms with Crippen LogP contribution in [0.15, 0.2) is 42.9 Å². The Balaban J connectivity index is 1.64. The van der Waals surface area contributed by atoms with E-state index in [-0.39, 0.29) is 0 Å². The summed E-state index contributed by atoms with van der Waals surface area (Å²) in [5.74, 6) is 0. The molecule has 112 valence electrons. The van der Waals surface area contributed by atoms with Gasteiger partial charge in [-0.3, -0.25) is 4.90 Å². The average Bonchev–Trinajstić information content (AvgIpc) is 3.08. The van der Waals surface area contributed by atoms with E-state index >= 15 is 0 Å². The van der Waals surface area contributed by atoms with Gasteiger partial charge in [-0.1, -0.05) is 18.2 Å². The number of piperazine rings is 1. The number of para-hydroxylation sites is 1. The third kappa shape index (κ3) is 3.25. The predicted molar refractivity (Wildman–Crippen MR) is 85.5 cm³/mol. The van der Waals surface area contributed by atoms with E-state index in [1.807, 2.05) is 13.2 Å². The molecule has 0 spiro atoms. The number of hydrogen-bond acceptors (Lipinski definition) is 4. The minimum atomic E-state index is 0.371. The Morgan fingerprint density at radius 2 is 1.95 bits per heavy atom. The number of nitrogens with zero attached hydrogens (tertiary/aromatic N) is 3. The monoisotopic (exact) mass is 285 g/mol. The summed E-state index contributed by atoms with van der Waals surface area (Å²) in [6.07, 6.45) is 3.70. The molecule has 3 rings (SSSR count). The maximum absolute atomic E-state index is 4.16. The zero-order chi connectivity index (χ0) is 14.5. The van der Waals surface area contributed by atoms with Crippen molar-refractivity contribution in [2.75, 3.05) is 44.7 Å². The van der Waals surface area contributed by atoms with E-state index in [1.165, 1.54) is 11.4 Å². The van der Waals surface area contributed by atoms with Crippen LogP contribution in [0.5, 0.6) is 0 Å². The molecule has 21 heavy (non-hydrogen) atoms. The first-order valence-electron chi connectivity index (χ1n) is 7.55. The van der Waals surface area contributed by atoms with Crippen LogP contribution in [0.2, 0.25) is 0 Å². The molecule has 1 aliphatic heterocycles. The SMILES string of the molecule is CNCC(c1cnc[nH]1)N1CCN(c2ccccc2)CC1. The van der Waals surface area contributed by atoms with E-state index in [9.17, 15) is 0 Å². The van der Waals surface area contributed by atoms with Crippen LogP contribution in [0.25, 0.3) is 0 Å². The second-order valence-corrected chi connectivity index (χ2v) is 5.44. The highest BCUT2D eigenvalue weighted by atomic mass is 15.3. The van der Waals surface area contributed by atoms with Crippen molar-refractivity contribution in [2.45, 2.75) is 6.04 Å². The van der Waals surface area contributed by atoms with E-state index in [0.29, 0.717) is 6.04 Å². The number of aromatic amines is 1. The Hall–Kier alpha value is -1.85. The molecule has 0 bridgehead atoms. The maximum atomic E-state index is 4.16.